The number of aromatic nitrogens is 1. The average Bonchev–Trinajstić information content (AvgIpc) is 2.66. The van der Waals surface area contributed by atoms with Crippen LogP contribution in [0.1, 0.15) is 31.5 Å². The van der Waals surface area contributed by atoms with Crippen molar-refractivity contribution >= 4 is 0 Å². The summed E-state index contributed by atoms with van der Waals surface area (Å²) < 4.78 is 36.9. The molecule has 5 heteroatoms. The van der Waals surface area contributed by atoms with Gasteiger partial charge in [-0.3, -0.25) is 4.98 Å². The van der Waals surface area contributed by atoms with Crippen molar-refractivity contribution in [2.24, 2.45) is 11.1 Å². The lowest BCUT2D eigenvalue weighted by Gasteiger charge is -2.15. The molecule has 1 aromatic heterocycles. The van der Waals surface area contributed by atoms with Crippen LogP contribution in [-0.2, 0) is 11.7 Å². The van der Waals surface area contributed by atoms with Crippen molar-refractivity contribution in [2.75, 3.05) is 0 Å². The van der Waals surface area contributed by atoms with Gasteiger partial charge in [0.1, 0.15) is 0 Å². The fourth-order valence-corrected chi connectivity index (χ4v) is 1.92. The first-order chi connectivity index (χ1) is 7.17. The van der Waals surface area contributed by atoms with Gasteiger partial charge < -0.3 is 5.73 Å². The number of hydrogen-bond acceptors (Lipinski definition) is 2. The number of halogens is 3. The van der Waals surface area contributed by atoms with Crippen LogP contribution in [0.2, 0.25) is 0 Å². The van der Waals surface area contributed by atoms with Crippen molar-refractivity contribution in [2.45, 2.75) is 32.0 Å². The van der Waals surface area contributed by atoms with Crippen LogP contribution in [0, 0.1) is 5.41 Å². The molecule has 16 heavy (non-hydrogen) atoms. The van der Waals surface area contributed by atoms with Gasteiger partial charge in [-0.2, -0.15) is 13.2 Å². The molecule has 1 aromatic rings. The molecule has 2 N–H and O–H groups in total. The van der Waals surface area contributed by atoms with Crippen molar-refractivity contribution < 1.29 is 13.2 Å². The van der Waals surface area contributed by atoms with Crippen LogP contribution in [0.15, 0.2) is 18.3 Å². The number of nitrogens with two attached hydrogens (primary N) is 1. The Labute approximate surface area is 91.7 Å². The second-order valence-electron chi connectivity index (χ2n) is 4.96. The van der Waals surface area contributed by atoms with E-state index in [0.717, 1.165) is 18.7 Å². The summed E-state index contributed by atoms with van der Waals surface area (Å²) in [5, 5.41) is 0. The van der Waals surface area contributed by atoms with E-state index < -0.39 is 17.3 Å². The Hall–Kier alpha value is -1.10. The summed E-state index contributed by atoms with van der Waals surface area (Å²) >= 11 is 0. The fourth-order valence-electron chi connectivity index (χ4n) is 1.92. The molecule has 1 aliphatic carbocycles. The summed E-state index contributed by atoms with van der Waals surface area (Å²) in [6.07, 6.45) is -2.75. The molecule has 1 atom stereocenters. The maximum Gasteiger partial charge on any atom is 0.417 e. The maximum atomic E-state index is 12.3. The van der Waals surface area contributed by atoms with Crippen LogP contribution >= 0.6 is 0 Å². The third-order valence-electron chi connectivity index (χ3n) is 3.35. The Bertz CT molecular complexity index is 408. The van der Waals surface area contributed by atoms with E-state index in [4.69, 9.17) is 5.73 Å². The first kappa shape index (κ1) is 11.4. The highest BCUT2D eigenvalue weighted by Gasteiger charge is 2.60. The van der Waals surface area contributed by atoms with Crippen molar-refractivity contribution in [1.29, 1.82) is 0 Å². The molecule has 2 rings (SSSR count). The summed E-state index contributed by atoms with van der Waals surface area (Å²) in [6, 6.07) is 2.41. The summed E-state index contributed by atoms with van der Waals surface area (Å²) in [4.78, 5) is 3.83. The molecule has 0 spiro atoms. The molecule has 1 saturated carbocycles. The van der Waals surface area contributed by atoms with Crippen LogP contribution in [-0.4, -0.2) is 4.98 Å². The molecule has 0 aliphatic heterocycles. The van der Waals surface area contributed by atoms with Gasteiger partial charge in [-0.15, -0.1) is 0 Å². The molecule has 0 amide bonds. The van der Waals surface area contributed by atoms with Crippen molar-refractivity contribution in [3.8, 4) is 0 Å². The lowest BCUT2D eigenvalue weighted by atomic mass is 10.0. The van der Waals surface area contributed by atoms with Crippen LogP contribution in [0.5, 0.6) is 0 Å². The number of rotatable bonds is 1. The van der Waals surface area contributed by atoms with Gasteiger partial charge >= 0.3 is 6.18 Å². The summed E-state index contributed by atoms with van der Waals surface area (Å²) in [5.41, 5.74) is 5.20. The SMILES string of the molecule is CC1(C)CC1(N)c1ccc(C(F)(F)F)cn1. The topological polar surface area (TPSA) is 38.9 Å². The van der Waals surface area contributed by atoms with E-state index in [1.54, 1.807) is 0 Å². The highest BCUT2D eigenvalue weighted by atomic mass is 19.4. The molecule has 1 aliphatic rings. The van der Waals surface area contributed by atoms with Gasteiger partial charge in [0.2, 0.25) is 0 Å². The van der Waals surface area contributed by atoms with Crippen molar-refractivity contribution in [3.63, 3.8) is 0 Å². The Morgan fingerprint density at radius 2 is 1.88 bits per heavy atom. The minimum atomic E-state index is -4.34. The summed E-state index contributed by atoms with van der Waals surface area (Å²) in [5.74, 6) is 0. The van der Waals surface area contributed by atoms with Gasteiger partial charge in [0.25, 0.3) is 0 Å². The minimum absolute atomic E-state index is 0.0836. The molecule has 1 fully saturated rings. The monoisotopic (exact) mass is 230 g/mol. The second kappa shape index (κ2) is 2.97. The van der Waals surface area contributed by atoms with Crippen LogP contribution in [0.4, 0.5) is 13.2 Å². The standard InChI is InChI=1S/C11H13F3N2/c1-9(2)6-10(9,15)8-4-3-7(5-16-8)11(12,13)14/h3-5H,6,15H2,1-2H3. The normalized spacial score (nSPS) is 27.9. The van der Waals surface area contributed by atoms with Gasteiger partial charge in [-0.1, -0.05) is 13.8 Å². The van der Waals surface area contributed by atoms with E-state index in [1.807, 2.05) is 13.8 Å². The molecule has 88 valence electrons. The second-order valence-corrected chi connectivity index (χ2v) is 4.96. The number of hydrogen-bond donors (Lipinski definition) is 1. The minimum Gasteiger partial charge on any atom is -0.320 e. The molecule has 0 aromatic carbocycles. The zero-order valence-electron chi connectivity index (χ0n) is 9.10. The molecule has 0 radical (unpaired) electrons. The molecule has 1 unspecified atom stereocenters. The molecule has 0 saturated heterocycles. The summed E-state index contributed by atoms with van der Waals surface area (Å²) in [6.45, 7) is 3.96. The van der Waals surface area contributed by atoms with Crippen molar-refractivity contribution in [3.05, 3.63) is 29.6 Å². The third-order valence-corrected chi connectivity index (χ3v) is 3.35. The Morgan fingerprint density at radius 1 is 1.31 bits per heavy atom. The molecule has 1 heterocycles. The number of nitrogens with zero attached hydrogens (tertiary/aromatic N) is 1. The predicted octanol–water partition coefficient (Wildman–Crippen LogP) is 2.68. The number of alkyl halides is 3. The zero-order valence-corrected chi connectivity index (χ0v) is 9.10. The highest BCUT2D eigenvalue weighted by molar-refractivity contribution is 5.31. The molecule has 0 bridgehead atoms. The van der Waals surface area contributed by atoms with Gasteiger partial charge in [0.15, 0.2) is 0 Å². The lowest BCUT2D eigenvalue weighted by molar-refractivity contribution is -0.137. The summed E-state index contributed by atoms with van der Waals surface area (Å²) in [7, 11) is 0. The van der Waals surface area contributed by atoms with E-state index in [9.17, 15) is 13.2 Å². The van der Waals surface area contributed by atoms with Gasteiger partial charge in [-0.25, -0.2) is 0 Å². The number of pyridine rings is 1. The van der Waals surface area contributed by atoms with E-state index in [-0.39, 0.29) is 5.41 Å². The van der Waals surface area contributed by atoms with Gasteiger partial charge in [-0.05, 0) is 24.0 Å². The predicted molar refractivity (Wildman–Crippen MR) is 53.5 cm³/mol. The Morgan fingerprint density at radius 3 is 2.19 bits per heavy atom. The highest BCUT2D eigenvalue weighted by Crippen LogP contribution is 2.59. The van der Waals surface area contributed by atoms with Crippen LogP contribution in [0.3, 0.4) is 0 Å². The maximum absolute atomic E-state index is 12.3. The molecular formula is C11H13F3N2. The van der Waals surface area contributed by atoms with E-state index in [0.29, 0.717) is 5.69 Å². The lowest BCUT2D eigenvalue weighted by Crippen LogP contribution is -2.26. The average molecular weight is 230 g/mol. The van der Waals surface area contributed by atoms with Gasteiger partial charge in [0.05, 0.1) is 16.8 Å². The smallest absolute Gasteiger partial charge is 0.320 e. The first-order valence-corrected chi connectivity index (χ1v) is 4.99. The Kier molecular flexibility index (Phi) is 2.11. The molecule has 2 nitrogen and oxygen atoms in total. The fraction of sp³-hybridized carbons (Fsp3) is 0.545. The quantitative estimate of drug-likeness (QED) is 0.805. The largest absolute Gasteiger partial charge is 0.417 e. The van der Waals surface area contributed by atoms with E-state index >= 15 is 0 Å². The van der Waals surface area contributed by atoms with Crippen LogP contribution in [0.25, 0.3) is 0 Å². The Balaban J connectivity index is 2.28. The van der Waals surface area contributed by atoms with E-state index in [1.165, 1.54) is 6.07 Å². The molecular weight excluding hydrogens is 217 g/mol. The third kappa shape index (κ3) is 1.59. The van der Waals surface area contributed by atoms with Crippen molar-refractivity contribution in [1.82, 2.24) is 4.98 Å². The van der Waals surface area contributed by atoms with Crippen LogP contribution < -0.4 is 5.73 Å². The van der Waals surface area contributed by atoms with E-state index in [2.05, 4.69) is 4.98 Å². The van der Waals surface area contributed by atoms with Gasteiger partial charge in [0, 0.05) is 6.20 Å². The first-order valence-electron chi connectivity index (χ1n) is 4.99. The zero-order chi connectivity index (χ0) is 12.2.